The number of benzene rings is 1. The molecule has 0 N–H and O–H groups in total. The van der Waals surface area contributed by atoms with E-state index in [0.717, 1.165) is 35.0 Å². The van der Waals surface area contributed by atoms with Gasteiger partial charge in [-0.25, -0.2) is 0 Å². The number of hydrogen-bond acceptors (Lipinski definition) is 4. The summed E-state index contributed by atoms with van der Waals surface area (Å²) in [5.41, 5.74) is 2.69. The molecule has 1 aliphatic carbocycles. The Morgan fingerprint density at radius 3 is 2.75 bits per heavy atom. The molecule has 144 valence electrons. The Hall–Kier alpha value is -2.47. The van der Waals surface area contributed by atoms with E-state index in [-0.39, 0.29) is 11.0 Å². The molecule has 1 aliphatic rings. The second-order valence-corrected chi connectivity index (χ2v) is 9.95. The van der Waals surface area contributed by atoms with Gasteiger partial charge in [0.1, 0.15) is 11.2 Å². The van der Waals surface area contributed by atoms with Gasteiger partial charge in [-0.3, -0.25) is 13.8 Å². The van der Waals surface area contributed by atoms with Crippen LogP contribution in [-0.4, -0.2) is 19.2 Å². The highest BCUT2D eigenvalue weighted by Gasteiger charge is 2.32. The molecule has 5 nitrogen and oxygen atoms in total. The van der Waals surface area contributed by atoms with E-state index in [4.69, 9.17) is 0 Å². The van der Waals surface area contributed by atoms with Gasteiger partial charge < -0.3 is 0 Å². The number of hydrogen-bond donors (Lipinski definition) is 0. The average Bonchev–Trinajstić information content (AvgIpc) is 3.29. The molecule has 0 radical (unpaired) electrons. The van der Waals surface area contributed by atoms with Crippen LogP contribution in [0.4, 0.5) is 0 Å². The summed E-state index contributed by atoms with van der Waals surface area (Å²) >= 11 is 1.75. The van der Waals surface area contributed by atoms with Crippen molar-refractivity contribution in [2.45, 2.75) is 46.6 Å². The van der Waals surface area contributed by atoms with Crippen molar-refractivity contribution in [3.63, 3.8) is 0 Å². The summed E-state index contributed by atoms with van der Waals surface area (Å²) in [7, 11) is 0. The van der Waals surface area contributed by atoms with Gasteiger partial charge in [-0.2, -0.15) is 0 Å². The van der Waals surface area contributed by atoms with Gasteiger partial charge in [0.25, 0.3) is 5.56 Å². The van der Waals surface area contributed by atoms with Crippen molar-refractivity contribution in [3.8, 4) is 0 Å². The molecule has 0 fully saturated rings. The van der Waals surface area contributed by atoms with Gasteiger partial charge in [0.2, 0.25) is 5.78 Å². The maximum Gasteiger partial charge on any atom is 0.264 e. The number of rotatable bonds is 2. The summed E-state index contributed by atoms with van der Waals surface area (Å²) in [6.07, 6.45) is 4.91. The largest absolute Gasteiger partial charge is 0.272 e. The lowest BCUT2D eigenvalue weighted by Crippen LogP contribution is -2.27. The smallest absolute Gasteiger partial charge is 0.264 e. The highest BCUT2D eigenvalue weighted by Crippen LogP contribution is 2.42. The van der Waals surface area contributed by atoms with Gasteiger partial charge >= 0.3 is 0 Å². The monoisotopic (exact) mass is 392 g/mol. The van der Waals surface area contributed by atoms with Crippen molar-refractivity contribution in [2.24, 2.45) is 11.3 Å². The van der Waals surface area contributed by atoms with Crippen LogP contribution in [0.2, 0.25) is 0 Å². The van der Waals surface area contributed by atoms with Crippen LogP contribution < -0.4 is 5.56 Å². The summed E-state index contributed by atoms with van der Waals surface area (Å²) in [5.74, 6) is 1.27. The zero-order chi connectivity index (χ0) is 19.5. The molecule has 1 unspecified atom stereocenters. The quantitative estimate of drug-likeness (QED) is 0.511. The first kappa shape index (κ1) is 17.6. The number of aromatic nitrogens is 4. The molecule has 6 heteroatoms. The predicted octanol–water partition coefficient (Wildman–Crippen LogP) is 4.31. The molecule has 0 amide bonds. The lowest BCUT2D eigenvalue weighted by molar-refractivity contribution is 0.218. The molecule has 28 heavy (non-hydrogen) atoms. The van der Waals surface area contributed by atoms with E-state index >= 15 is 0 Å². The number of fused-ring (bicyclic) bond motifs is 5. The molecule has 0 aliphatic heterocycles. The second kappa shape index (κ2) is 6.27. The van der Waals surface area contributed by atoms with Crippen molar-refractivity contribution in [3.05, 3.63) is 63.0 Å². The third kappa shape index (κ3) is 2.70. The topological polar surface area (TPSA) is 52.2 Å². The molecule has 1 atom stereocenters. The van der Waals surface area contributed by atoms with E-state index in [1.807, 2.05) is 34.7 Å². The molecule has 4 aromatic rings. The number of nitrogens with zero attached hydrogens (tertiary/aromatic N) is 4. The first-order chi connectivity index (χ1) is 13.4. The Balaban J connectivity index is 1.72. The van der Waals surface area contributed by atoms with Gasteiger partial charge in [-0.1, -0.05) is 51.1 Å². The zero-order valence-electron chi connectivity index (χ0n) is 16.5. The Morgan fingerprint density at radius 2 is 2.00 bits per heavy atom. The van der Waals surface area contributed by atoms with E-state index in [0.29, 0.717) is 18.2 Å². The van der Waals surface area contributed by atoms with E-state index in [9.17, 15) is 4.79 Å². The van der Waals surface area contributed by atoms with E-state index in [1.54, 1.807) is 22.2 Å². The molecule has 1 aromatic carbocycles. The SMILES string of the molecule is CC(C)(C)C1CCc2c(sc3c2c(=O)n(Cc2ccccc2)c2nncn32)C1. The first-order valence-corrected chi connectivity index (χ1v) is 10.7. The molecule has 0 saturated heterocycles. The van der Waals surface area contributed by atoms with Gasteiger partial charge in [0.05, 0.1) is 11.9 Å². The van der Waals surface area contributed by atoms with Crippen molar-refractivity contribution in [2.75, 3.05) is 0 Å². The highest BCUT2D eigenvalue weighted by atomic mass is 32.1. The van der Waals surface area contributed by atoms with Crippen LogP contribution in [0.3, 0.4) is 0 Å². The summed E-state index contributed by atoms with van der Waals surface area (Å²) < 4.78 is 3.77. The van der Waals surface area contributed by atoms with Gasteiger partial charge in [-0.15, -0.1) is 21.5 Å². The van der Waals surface area contributed by atoms with Gasteiger partial charge in [0.15, 0.2) is 0 Å². The second-order valence-electron chi connectivity index (χ2n) is 8.87. The standard InChI is InChI=1S/C22H24N4OS/c1-22(2,3)15-9-10-16-17(11-15)28-20-18(16)19(27)25(21-24-23-13-26(20)21)12-14-7-5-4-6-8-14/h4-8,13,15H,9-12H2,1-3H3. The van der Waals surface area contributed by atoms with Crippen molar-refractivity contribution in [1.29, 1.82) is 0 Å². The normalized spacial score (nSPS) is 17.3. The third-order valence-corrected chi connectivity index (χ3v) is 7.36. The number of aryl methyl sites for hydroxylation is 1. The fraction of sp³-hybridized carbons (Fsp3) is 0.409. The average molecular weight is 393 g/mol. The molecule has 5 rings (SSSR count). The Morgan fingerprint density at radius 1 is 1.21 bits per heavy atom. The summed E-state index contributed by atoms with van der Waals surface area (Å²) in [5, 5.41) is 9.25. The Kier molecular flexibility index (Phi) is 3.95. The third-order valence-electron chi connectivity index (χ3n) is 6.10. The predicted molar refractivity (Wildman–Crippen MR) is 113 cm³/mol. The minimum atomic E-state index is 0.0612. The van der Waals surface area contributed by atoms with Crippen LogP contribution in [-0.2, 0) is 19.4 Å². The molecule has 0 saturated carbocycles. The van der Waals surface area contributed by atoms with E-state index in [1.165, 1.54) is 10.4 Å². The van der Waals surface area contributed by atoms with Crippen molar-refractivity contribution in [1.82, 2.24) is 19.2 Å². The van der Waals surface area contributed by atoms with Crippen LogP contribution in [0, 0.1) is 11.3 Å². The van der Waals surface area contributed by atoms with Crippen LogP contribution in [0.15, 0.2) is 41.5 Å². The van der Waals surface area contributed by atoms with Gasteiger partial charge in [-0.05, 0) is 41.7 Å². The lowest BCUT2D eigenvalue weighted by atomic mass is 9.72. The Bertz CT molecular complexity index is 1230. The summed E-state index contributed by atoms with van der Waals surface area (Å²) in [6, 6.07) is 10.1. The summed E-state index contributed by atoms with van der Waals surface area (Å²) in [6.45, 7) is 7.47. The fourth-order valence-electron chi connectivity index (χ4n) is 4.39. The molecule has 0 bridgehead atoms. The van der Waals surface area contributed by atoms with Gasteiger partial charge in [0, 0.05) is 4.88 Å². The maximum atomic E-state index is 13.5. The van der Waals surface area contributed by atoms with Crippen molar-refractivity contribution < 1.29 is 0 Å². The minimum Gasteiger partial charge on any atom is -0.272 e. The van der Waals surface area contributed by atoms with Crippen LogP contribution >= 0.6 is 11.3 Å². The molecule has 0 spiro atoms. The fourth-order valence-corrected chi connectivity index (χ4v) is 5.78. The van der Waals surface area contributed by atoms with Crippen molar-refractivity contribution >= 4 is 27.3 Å². The molecule has 3 aromatic heterocycles. The van der Waals surface area contributed by atoms with Crippen LogP contribution in [0.25, 0.3) is 16.0 Å². The molecular weight excluding hydrogens is 368 g/mol. The Labute approximate surface area is 167 Å². The maximum absolute atomic E-state index is 13.5. The molecular formula is C22H24N4OS. The van der Waals surface area contributed by atoms with E-state index < -0.39 is 0 Å². The lowest BCUT2D eigenvalue weighted by Gasteiger charge is -2.33. The molecule has 3 heterocycles. The highest BCUT2D eigenvalue weighted by molar-refractivity contribution is 7.18. The zero-order valence-corrected chi connectivity index (χ0v) is 17.3. The summed E-state index contributed by atoms with van der Waals surface area (Å²) in [4.78, 5) is 15.9. The van der Waals surface area contributed by atoms with E-state index in [2.05, 4.69) is 31.0 Å². The number of thiophene rings is 1. The first-order valence-electron chi connectivity index (χ1n) is 9.84. The van der Waals surface area contributed by atoms with Crippen LogP contribution in [0.1, 0.15) is 43.2 Å². The minimum absolute atomic E-state index is 0.0612. The van der Waals surface area contributed by atoms with Crippen LogP contribution in [0.5, 0.6) is 0 Å².